The minimum atomic E-state index is -0.288. The number of fused-ring (bicyclic) bond motifs is 2. The molecule has 5 rings (SSSR count). The fourth-order valence-corrected chi connectivity index (χ4v) is 4.64. The third-order valence-electron chi connectivity index (χ3n) is 5.39. The van der Waals surface area contributed by atoms with Crippen LogP contribution >= 0.6 is 11.3 Å². The summed E-state index contributed by atoms with van der Waals surface area (Å²) in [5, 5.41) is 2.57. The number of thiazole rings is 1. The van der Waals surface area contributed by atoms with Gasteiger partial charge in [0.2, 0.25) is 0 Å². The number of aryl methyl sites for hydroxylation is 1. The number of nitrogens with zero attached hydrogens (tertiary/aromatic N) is 3. The van der Waals surface area contributed by atoms with E-state index in [0.29, 0.717) is 11.1 Å². The molecule has 0 N–H and O–H groups in total. The summed E-state index contributed by atoms with van der Waals surface area (Å²) >= 11 is 1.65. The van der Waals surface area contributed by atoms with Gasteiger partial charge in [-0.3, -0.25) is 0 Å². The highest BCUT2D eigenvalue weighted by Gasteiger charge is 2.16. The summed E-state index contributed by atoms with van der Waals surface area (Å²) in [7, 11) is 2.14. The molecule has 4 aromatic rings. The van der Waals surface area contributed by atoms with Crippen molar-refractivity contribution in [1.82, 2.24) is 9.88 Å². The van der Waals surface area contributed by atoms with Crippen molar-refractivity contribution in [3.63, 3.8) is 0 Å². The number of hydrogen-bond donors (Lipinski definition) is 0. The van der Waals surface area contributed by atoms with Gasteiger partial charge in [0.25, 0.3) is 0 Å². The number of benzene rings is 2. The molecule has 1 fully saturated rings. The number of piperazine rings is 1. The van der Waals surface area contributed by atoms with Crippen LogP contribution in [0.2, 0.25) is 0 Å². The van der Waals surface area contributed by atoms with Crippen LogP contribution < -0.4 is 10.5 Å². The second-order valence-electron chi connectivity index (χ2n) is 7.38. The van der Waals surface area contributed by atoms with Gasteiger partial charge in [-0.1, -0.05) is 6.07 Å². The molecule has 0 radical (unpaired) electrons. The van der Waals surface area contributed by atoms with Crippen molar-refractivity contribution in [2.45, 2.75) is 6.92 Å². The lowest BCUT2D eigenvalue weighted by molar-refractivity contribution is 0.313. The van der Waals surface area contributed by atoms with Crippen LogP contribution in [0.15, 0.2) is 51.7 Å². The Hall–Kier alpha value is -2.70. The Kier molecular flexibility index (Phi) is 4.18. The molecular weight excluding hydrogens is 370 g/mol. The van der Waals surface area contributed by atoms with Gasteiger partial charge in [0.15, 0.2) is 0 Å². The molecule has 0 aliphatic carbocycles. The first-order valence-corrected chi connectivity index (χ1v) is 10.3. The Morgan fingerprint density at radius 2 is 1.86 bits per heavy atom. The highest BCUT2D eigenvalue weighted by Crippen LogP contribution is 2.30. The number of aromatic nitrogens is 1. The van der Waals surface area contributed by atoms with E-state index in [9.17, 15) is 4.79 Å². The normalized spacial score (nSPS) is 15.6. The highest BCUT2D eigenvalue weighted by atomic mass is 32.1. The lowest BCUT2D eigenvalue weighted by Gasteiger charge is -2.34. The molecule has 0 amide bonds. The van der Waals surface area contributed by atoms with E-state index < -0.39 is 0 Å². The minimum Gasteiger partial charge on any atom is -0.422 e. The first-order chi connectivity index (χ1) is 13.6. The fourth-order valence-electron chi connectivity index (χ4n) is 3.77. The smallest absolute Gasteiger partial charge is 0.344 e. The zero-order valence-electron chi connectivity index (χ0n) is 15.9. The zero-order valence-corrected chi connectivity index (χ0v) is 16.8. The van der Waals surface area contributed by atoms with Gasteiger partial charge < -0.3 is 14.2 Å². The van der Waals surface area contributed by atoms with Gasteiger partial charge in [0.05, 0.1) is 20.6 Å². The molecule has 28 heavy (non-hydrogen) atoms. The average molecular weight is 391 g/mol. The molecule has 1 aliphatic rings. The van der Waals surface area contributed by atoms with Gasteiger partial charge in [-0.2, -0.15) is 0 Å². The Balaban J connectivity index is 1.54. The Bertz CT molecular complexity index is 1240. The second-order valence-corrected chi connectivity index (χ2v) is 8.61. The van der Waals surface area contributed by atoms with E-state index in [1.807, 2.05) is 43.3 Å². The summed E-state index contributed by atoms with van der Waals surface area (Å²) in [4.78, 5) is 21.9. The standard InChI is InChI=1S/C22H21N3O2S/c1-14-23-19-6-4-16(12-21(19)28-14)20-11-15-3-5-17(13-18(15)22(26)27-20)25-9-7-24(2)8-10-25/h3-6,11-13H,7-10H2,1-2H3. The monoisotopic (exact) mass is 391 g/mol. The summed E-state index contributed by atoms with van der Waals surface area (Å²) in [5.41, 5.74) is 2.68. The van der Waals surface area contributed by atoms with Crippen molar-refractivity contribution in [3.05, 3.63) is 57.9 Å². The molecule has 2 aromatic heterocycles. The molecule has 0 saturated carbocycles. The minimum absolute atomic E-state index is 0.288. The average Bonchev–Trinajstić information content (AvgIpc) is 3.07. The molecule has 0 atom stereocenters. The van der Waals surface area contributed by atoms with Crippen molar-refractivity contribution in [2.24, 2.45) is 0 Å². The summed E-state index contributed by atoms with van der Waals surface area (Å²) < 4.78 is 6.79. The quantitative estimate of drug-likeness (QED) is 0.514. The van der Waals surface area contributed by atoms with Crippen molar-refractivity contribution in [3.8, 4) is 11.3 Å². The van der Waals surface area contributed by atoms with E-state index in [1.165, 1.54) is 0 Å². The molecule has 5 nitrogen and oxygen atoms in total. The molecule has 0 spiro atoms. The second kappa shape index (κ2) is 6.72. The van der Waals surface area contributed by atoms with Crippen LogP contribution in [0.4, 0.5) is 5.69 Å². The van der Waals surface area contributed by atoms with E-state index >= 15 is 0 Å². The Morgan fingerprint density at radius 1 is 1.04 bits per heavy atom. The van der Waals surface area contributed by atoms with Gasteiger partial charge in [-0.15, -0.1) is 11.3 Å². The van der Waals surface area contributed by atoms with Crippen molar-refractivity contribution >= 4 is 38.0 Å². The third-order valence-corrected chi connectivity index (χ3v) is 6.33. The van der Waals surface area contributed by atoms with E-state index in [2.05, 4.69) is 27.9 Å². The molecule has 0 bridgehead atoms. The largest absolute Gasteiger partial charge is 0.422 e. The van der Waals surface area contributed by atoms with Crippen molar-refractivity contribution in [1.29, 1.82) is 0 Å². The maximum Gasteiger partial charge on any atom is 0.344 e. The fraction of sp³-hybridized carbons (Fsp3) is 0.273. The summed E-state index contributed by atoms with van der Waals surface area (Å²) in [6.07, 6.45) is 0. The van der Waals surface area contributed by atoms with Crippen LogP contribution in [-0.4, -0.2) is 43.1 Å². The number of hydrogen-bond acceptors (Lipinski definition) is 6. The van der Waals surface area contributed by atoms with Crippen LogP contribution in [-0.2, 0) is 0 Å². The van der Waals surface area contributed by atoms with Crippen molar-refractivity contribution < 1.29 is 4.42 Å². The van der Waals surface area contributed by atoms with Gasteiger partial charge in [-0.05, 0) is 55.8 Å². The van der Waals surface area contributed by atoms with E-state index in [-0.39, 0.29) is 5.63 Å². The first kappa shape index (κ1) is 17.4. The van der Waals surface area contributed by atoms with Crippen LogP contribution in [0.3, 0.4) is 0 Å². The Labute approximate surface area is 166 Å². The molecule has 1 saturated heterocycles. The van der Waals surface area contributed by atoms with Gasteiger partial charge in [0, 0.05) is 37.4 Å². The topological polar surface area (TPSA) is 49.6 Å². The maximum absolute atomic E-state index is 12.7. The van der Waals surface area contributed by atoms with Crippen LogP contribution in [0.25, 0.3) is 32.3 Å². The predicted octanol–water partition coefficient (Wildman–Crippen LogP) is 4.13. The van der Waals surface area contributed by atoms with Crippen molar-refractivity contribution in [2.75, 3.05) is 38.1 Å². The molecule has 6 heteroatoms. The molecule has 3 heterocycles. The van der Waals surface area contributed by atoms with Gasteiger partial charge in [-0.25, -0.2) is 9.78 Å². The zero-order chi connectivity index (χ0) is 19.3. The van der Waals surface area contributed by atoms with Crippen LogP contribution in [0, 0.1) is 6.92 Å². The molecular formula is C22H21N3O2S. The SMILES string of the molecule is Cc1nc2ccc(-c3cc4ccc(N5CCN(C)CC5)cc4c(=O)o3)cc2s1. The molecule has 0 unspecified atom stereocenters. The van der Waals surface area contributed by atoms with E-state index in [1.54, 1.807) is 11.3 Å². The number of rotatable bonds is 2. The van der Waals surface area contributed by atoms with Gasteiger partial charge >= 0.3 is 5.63 Å². The third kappa shape index (κ3) is 3.08. The molecule has 142 valence electrons. The molecule has 2 aromatic carbocycles. The lowest BCUT2D eigenvalue weighted by atomic mass is 10.1. The predicted molar refractivity (Wildman–Crippen MR) is 116 cm³/mol. The molecule has 1 aliphatic heterocycles. The van der Waals surface area contributed by atoms with E-state index in [4.69, 9.17) is 4.42 Å². The number of likely N-dealkylation sites (N-methyl/N-ethyl adjacent to an activating group) is 1. The summed E-state index contributed by atoms with van der Waals surface area (Å²) in [6.45, 7) is 6.01. The summed E-state index contributed by atoms with van der Waals surface area (Å²) in [5.74, 6) is 0.595. The maximum atomic E-state index is 12.7. The Morgan fingerprint density at radius 3 is 2.68 bits per heavy atom. The number of anilines is 1. The highest BCUT2D eigenvalue weighted by molar-refractivity contribution is 7.18. The van der Waals surface area contributed by atoms with Gasteiger partial charge in [0.1, 0.15) is 5.76 Å². The van der Waals surface area contributed by atoms with Crippen LogP contribution in [0.5, 0.6) is 0 Å². The first-order valence-electron chi connectivity index (χ1n) is 9.46. The van der Waals surface area contributed by atoms with Crippen LogP contribution in [0.1, 0.15) is 5.01 Å². The van der Waals surface area contributed by atoms with E-state index in [0.717, 1.165) is 58.0 Å². The lowest BCUT2D eigenvalue weighted by Crippen LogP contribution is -2.44. The summed E-state index contributed by atoms with van der Waals surface area (Å²) in [6, 6.07) is 14.0.